The summed E-state index contributed by atoms with van der Waals surface area (Å²) < 4.78 is 1.96. The molecular formula is C20H25N3O2. The number of amides is 1. The second-order valence-corrected chi connectivity index (χ2v) is 7.20. The van der Waals surface area contributed by atoms with E-state index in [2.05, 4.69) is 17.1 Å². The molecule has 132 valence electrons. The molecule has 25 heavy (non-hydrogen) atoms. The summed E-state index contributed by atoms with van der Waals surface area (Å²) in [5, 5.41) is 10.5. The first kappa shape index (κ1) is 16.3. The number of carbonyl (C=O) groups excluding carboxylic acids is 1. The first-order valence-electron chi connectivity index (χ1n) is 9.29. The molecule has 0 radical (unpaired) electrons. The number of aromatic nitrogens is 2. The van der Waals surface area contributed by atoms with Crippen LogP contribution in [0.15, 0.2) is 36.9 Å². The van der Waals surface area contributed by atoms with Crippen LogP contribution in [0, 0.1) is 0 Å². The highest BCUT2D eigenvalue weighted by molar-refractivity contribution is 5.94. The van der Waals surface area contributed by atoms with Gasteiger partial charge in [-0.05, 0) is 61.8 Å². The number of hydrogen-bond donors (Lipinski definition) is 1. The van der Waals surface area contributed by atoms with Gasteiger partial charge in [-0.3, -0.25) is 4.79 Å². The van der Waals surface area contributed by atoms with E-state index in [0.29, 0.717) is 19.5 Å². The molecule has 2 atom stereocenters. The number of rotatable bonds is 2. The molecule has 1 N–H and O–H groups in total. The molecule has 2 aliphatic rings. The second kappa shape index (κ2) is 7.00. The maximum absolute atomic E-state index is 13.0. The number of aryl methyl sites for hydroxylation is 2. The quantitative estimate of drug-likeness (QED) is 0.915. The van der Waals surface area contributed by atoms with Crippen molar-refractivity contribution in [1.82, 2.24) is 14.5 Å². The van der Waals surface area contributed by atoms with E-state index in [1.807, 2.05) is 21.7 Å². The van der Waals surface area contributed by atoms with Gasteiger partial charge < -0.3 is 14.6 Å². The van der Waals surface area contributed by atoms with Crippen LogP contribution in [0.2, 0.25) is 0 Å². The fourth-order valence-corrected chi connectivity index (χ4v) is 4.14. The fraction of sp³-hybridized carbons (Fsp3) is 0.500. The fourth-order valence-electron chi connectivity index (χ4n) is 4.14. The summed E-state index contributed by atoms with van der Waals surface area (Å²) in [5.74, 6) is 0.0897. The Morgan fingerprint density at radius 1 is 1.12 bits per heavy atom. The highest BCUT2D eigenvalue weighted by Crippen LogP contribution is 2.26. The minimum Gasteiger partial charge on any atom is -0.391 e. The van der Waals surface area contributed by atoms with Crippen LogP contribution in [0.5, 0.6) is 0 Å². The van der Waals surface area contributed by atoms with Crippen molar-refractivity contribution in [2.45, 2.75) is 50.7 Å². The molecule has 1 aliphatic heterocycles. The maximum Gasteiger partial charge on any atom is 0.253 e. The molecule has 1 amide bonds. The van der Waals surface area contributed by atoms with Crippen LogP contribution in [0.25, 0.3) is 0 Å². The monoisotopic (exact) mass is 339 g/mol. The Morgan fingerprint density at radius 2 is 1.92 bits per heavy atom. The SMILES string of the molecule is O=C(c1ccc2c(c1)CCCC2)N1CC[C@H](O)[C@@H](n2ccnc2)CC1. The average molecular weight is 339 g/mol. The van der Waals surface area contributed by atoms with Crippen LogP contribution in [0.4, 0.5) is 0 Å². The van der Waals surface area contributed by atoms with E-state index in [9.17, 15) is 9.90 Å². The number of fused-ring (bicyclic) bond motifs is 1. The molecule has 0 unspecified atom stereocenters. The van der Waals surface area contributed by atoms with Crippen LogP contribution in [0.3, 0.4) is 0 Å². The van der Waals surface area contributed by atoms with Crippen LogP contribution in [-0.2, 0) is 12.8 Å². The van der Waals surface area contributed by atoms with Gasteiger partial charge in [0.15, 0.2) is 0 Å². The van der Waals surface area contributed by atoms with E-state index >= 15 is 0 Å². The number of aliphatic hydroxyl groups is 1. The molecule has 5 heteroatoms. The van der Waals surface area contributed by atoms with E-state index in [1.54, 1.807) is 12.5 Å². The third kappa shape index (κ3) is 3.33. The molecule has 2 aromatic rings. The van der Waals surface area contributed by atoms with Gasteiger partial charge >= 0.3 is 0 Å². The van der Waals surface area contributed by atoms with Crippen molar-refractivity contribution in [3.63, 3.8) is 0 Å². The summed E-state index contributed by atoms with van der Waals surface area (Å²) in [7, 11) is 0. The van der Waals surface area contributed by atoms with Gasteiger partial charge in [-0.15, -0.1) is 0 Å². The molecule has 0 saturated carbocycles. The molecule has 1 aromatic heterocycles. The lowest BCUT2D eigenvalue weighted by atomic mass is 9.90. The standard InChI is InChI=1S/C20H25N3O2/c24-19-8-11-22(10-7-18(19)23-12-9-21-14-23)20(25)17-6-5-15-3-1-2-4-16(15)13-17/h5-6,9,12-14,18-19,24H,1-4,7-8,10-11H2/t18-,19-/m0/s1. The van der Waals surface area contributed by atoms with Crippen LogP contribution < -0.4 is 0 Å². The normalized spacial score (nSPS) is 23.8. The zero-order valence-electron chi connectivity index (χ0n) is 14.5. The summed E-state index contributed by atoms with van der Waals surface area (Å²) >= 11 is 0. The van der Waals surface area contributed by atoms with E-state index in [1.165, 1.54) is 24.0 Å². The van der Waals surface area contributed by atoms with E-state index in [0.717, 1.165) is 24.8 Å². The molecule has 5 nitrogen and oxygen atoms in total. The molecular weight excluding hydrogens is 314 g/mol. The Kier molecular flexibility index (Phi) is 4.57. The number of hydrogen-bond acceptors (Lipinski definition) is 3. The van der Waals surface area contributed by atoms with Crippen molar-refractivity contribution in [3.05, 3.63) is 53.6 Å². The van der Waals surface area contributed by atoms with Crippen molar-refractivity contribution < 1.29 is 9.90 Å². The number of aliphatic hydroxyl groups excluding tert-OH is 1. The topological polar surface area (TPSA) is 58.4 Å². The van der Waals surface area contributed by atoms with Crippen molar-refractivity contribution in [2.24, 2.45) is 0 Å². The highest BCUT2D eigenvalue weighted by Gasteiger charge is 2.28. The predicted octanol–water partition coefficient (Wildman–Crippen LogP) is 2.60. The predicted molar refractivity (Wildman–Crippen MR) is 95.5 cm³/mol. The average Bonchev–Trinajstić information content (AvgIpc) is 3.10. The van der Waals surface area contributed by atoms with Gasteiger partial charge in [-0.1, -0.05) is 6.07 Å². The van der Waals surface area contributed by atoms with Gasteiger partial charge in [0.1, 0.15) is 0 Å². The summed E-state index contributed by atoms with van der Waals surface area (Å²) in [6.07, 6.45) is 10.9. The van der Waals surface area contributed by atoms with Crippen molar-refractivity contribution in [3.8, 4) is 0 Å². The lowest BCUT2D eigenvalue weighted by Crippen LogP contribution is -2.32. The Bertz CT molecular complexity index is 741. The summed E-state index contributed by atoms with van der Waals surface area (Å²) in [4.78, 5) is 18.9. The third-order valence-corrected chi connectivity index (χ3v) is 5.62. The summed E-state index contributed by atoms with van der Waals surface area (Å²) in [6, 6.07) is 6.18. The minimum atomic E-state index is -0.449. The largest absolute Gasteiger partial charge is 0.391 e. The maximum atomic E-state index is 13.0. The van der Waals surface area contributed by atoms with Crippen molar-refractivity contribution >= 4 is 5.91 Å². The van der Waals surface area contributed by atoms with Crippen LogP contribution in [-0.4, -0.2) is 44.7 Å². The van der Waals surface area contributed by atoms with Gasteiger partial charge in [0, 0.05) is 31.0 Å². The second-order valence-electron chi connectivity index (χ2n) is 7.20. The summed E-state index contributed by atoms with van der Waals surface area (Å²) in [6.45, 7) is 1.26. The third-order valence-electron chi connectivity index (χ3n) is 5.62. The Morgan fingerprint density at radius 3 is 2.72 bits per heavy atom. The van der Waals surface area contributed by atoms with E-state index < -0.39 is 6.10 Å². The number of imidazole rings is 1. The summed E-state index contributed by atoms with van der Waals surface area (Å²) in [5.41, 5.74) is 3.52. The van der Waals surface area contributed by atoms with Crippen LogP contribution >= 0.6 is 0 Å². The number of carbonyl (C=O) groups is 1. The Balaban J connectivity index is 1.49. The number of nitrogens with zero attached hydrogens (tertiary/aromatic N) is 3. The van der Waals surface area contributed by atoms with Crippen molar-refractivity contribution in [1.29, 1.82) is 0 Å². The molecule has 4 rings (SSSR count). The van der Waals surface area contributed by atoms with Gasteiger partial charge in [0.2, 0.25) is 0 Å². The number of likely N-dealkylation sites (tertiary alicyclic amines) is 1. The van der Waals surface area contributed by atoms with Gasteiger partial charge in [0.25, 0.3) is 5.91 Å². The molecule has 1 saturated heterocycles. The Hall–Kier alpha value is -2.14. The molecule has 1 aromatic carbocycles. The lowest BCUT2D eigenvalue weighted by Gasteiger charge is -2.22. The highest BCUT2D eigenvalue weighted by atomic mass is 16.3. The van der Waals surface area contributed by atoms with E-state index in [4.69, 9.17) is 0 Å². The molecule has 1 aliphatic carbocycles. The number of benzene rings is 1. The molecule has 2 heterocycles. The molecule has 0 bridgehead atoms. The molecule has 1 fully saturated rings. The zero-order valence-corrected chi connectivity index (χ0v) is 14.5. The zero-order chi connectivity index (χ0) is 17.2. The Labute approximate surface area is 148 Å². The van der Waals surface area contributed by atoms with Gasteiger partial charge in [0.05, 0.1) is 18.5 Å². The minimum absolute atomic E-state index is 0.0103. The van der Waals surface area contributed by atoms with E-state index in [-0.39, 0.29) is 11.9 Å². The van der Waals surface area contributed by atoms with Crippen molar-refractivity contribution in [2.75, 3.05) is 13.1 Å². The first-order valence-corrected chi connectivity index (χ1v) is 9.29. The van der Waals surface area contributed by atoms with Gasteiger partial charge in [-0.2, -0.15) is 0 Å². The smallest absolute Gasteiger partial charge is 0.253 e. The lowest BCUT2D eigenvalue weighted by molar-refractivity contribution is 0.0751. The van der Waals surface area contributed by atoms with Crippen LogP contribution in [0.1, 0.15) is 53.2 Å². The first-order chi connectivity index (χ1) is 12.2. The molecule has 0 spiro atoms. The van der Waals surface area contributed by atoms with Gasteiger partial charge in [-0.25, -0.2) is 4.98 Å².